The van der Waals surface area contributed by atoms with Crippen LogP contribution in [0.1, 0.15) is 0 Å². The smallest absolute Gasteiger partial charge is 0.321 e. The molecule has 0 fully saturated rings. The first kappa shape index (κ1) is 11.3. The van der Waals surface area contributed by atoms with Crippen LogP contribution in [0.4, 0.5) is 16.2 Å². The number of benzene rings is 1. The van der Waals surface area contributed by atoms with Crippen molar-refractivity contribution in [2.45, 2.75) is 0 Å². The van der Waals surface area contributed by atoms with Gasteiger partial charge in [-0.25, -0.2) is 4.79 Å². The number of anilines is 2. The molecule has 0 aliphatic heterocycles. The Morgan fingerprint density at radius 3 is 2.60 bits per heavy atom. The number of carbonyl (C=O) groups is 1. The zero-order valence-electron chi connectivity index (χ0n) is 8.60. The number of rotatable bonds is 3. The van der Waals surface area contributed by atoms with E-state index < -0.39 is 0 Å². The molecule has 0 saturated carbocycles. The molecule has 0 heterocycles. The Hall–Kier alpha value is -1.75. The Kier molecular flexibility index (Phi) is 3.93. The minimum absolute atomic E-state index is 0.0499. The average molecular weight is 209 g/mol. The van der Waals surface area contributed by atoms with Crippen molar-refractivity contribution in [2.75, 3.05) is 31.2 Å². The Bertz CT molecular complexity index is 324. The molecule has 15 heavy (non-hydrogen) atoms. The predicted octanol–water partition coefficient (Wildman–Crippen LogP) is 0.725. The van der Waals surface area contributed by atoms with E-state index in [2.05, 4.69) is 5.32 Å². The van der Waals surface area contributed by atoms with E-state index in [1.807, 2.05) is 0 Å². The number of aliphatic hydroxyl groups is 1. The minimum atomic E-state index is -0.256. The molecule has 2 amide bonds. The molecule has 0 spiro atoms. The molecule has 4 N–H and O–H groups in total. The quantitative estimate of drug-likeness (QED) is 0.642. The zero-order chi connectivity index (χ0) is 11.3. The van der Waals surface area contributed by atoms with Crippen LogP contribution in [0, 0.1) is 0 Å². The fourth-order valence-corrected chi connectivity index (χ4v) is 1.04. The number of aliphatic hydroxyl groups excluding tert-OH is 1. The van der Waals surface area contributed by atoms with Gasteiger partial charge in [0.15, 0.2) is 0 Å². The van der Waals surface area contributed by atoms with E-state index in [1.54, 1.807) is 31.3 Å². The van der Waals surface area contributed by atoms with E-state index in [0.29, 0.717) is 17.9 Å². The van der Waals surface area contributed by atoms with Crippen molar-refractivity contribution in [1.29, 1.82) is 0 Å². The van der Waals surface area contributed by atoms with Crippen molar-refractivity contribution in [3.63, 3.8) is 0 Å². The molecule has 0 saturated heterocycles. The fourth-order valence-electron chi connectivity index (χ4n) is 1.04. The SMILES string of the molecule is CN(CCO)C(=O)Nc1ccc(N)cc1. The van der Waals surface area contributed by atoms with Crippen molar-refractivity contribution >= 4 is 17.4 Å². The third-order valence-electron chi connectivity index (χ3n) is 1.94. The lowest BCUT2D eigenvalue weighted by molar-refractivity contribution is 0.202. The summed E-state index contributed by atoms with van der Waals surface area (Å²) in [5.74, 6) is 0. The van der Waals surface area contributed by atoms with Gasteiger partial charge < -0.3 is 21.1 Å². The zero-order valence-corrected chi connectivity index (χ0v) is 8.60. The first-order valence-corrected chi connectivity index (χ1v) is 4.62. The van der Waals surface area contributed by atoms with Crippen LogP contribution in [0.5, 0.6) is 0 Å². The molecule has 0 aliphatic rings. The summed E-state index contributed by atoms with van der Waals surface area (Å²) in [4.78, 5) is 12.9. The monoisotopic (exact) mass is 209 g/mol. The Labute approximate surface area is 88.5 Å². The van der Waals surface area contributed by atoms with Crippen LogP contribution in [0.2, 0.25) is 0 Å². The van der Waals surface area contributed by atoms with Gasteiger partial charge in [0, 0.05) is 25.0 Å². The Balaban J connectivity index is 2.54. The van der Waals surface area contributed by atoms with Gasteiger partial charge in [-0.2, -0.15) is 0 Å². The van der Waals surface area contributed by atoms with Gasteiger partial charge >= 0.3 is 6.03 Å². The van der Waals surface area contributed by atoms with E-state index in [0.717, 1.165) is 0 Å². The number of carbonyl (C=O) groups excluding carboxylic acids is 1. The maximum Gasteiger partial charge on any atom is 0.321 e. The highest BCUT2D eigenvalue weighted by atomic mass is 16.3. The minimum Gasteiger partial charge on any atom is -0.399 e. The summed E-state index contributed by atoms with van der Waals surface area (Å²) in [6.07, 6.45) is 0. The summed E-state index contributed by atoms with van der Waals surface area (Å²) in [6.45, 7) is 0.256. The molecule has 0 aliphatic carbocycles. The van der Waals surface area contributed by atoms with E-state index in [1.165, 1.54) is 4.90 Å². The lowest BCUT2D eigenvalue weighted by Crippen LogP contribution is -2.33. The van der Waals surface area contributed by atoms with Crippen LogP contribution in [0.25, 0.3) is 0 Å². The van der Waals surface area contributed by atoms with Gasteiger partial charge in [0.1, 0.15) is 0 Å². The van der Waals surface area contributed by atoms with E-state index in [9.17, 15) is 4.79 Å². The maximum atomic E-state index is 11.5. The van der Waals surface area contributed by atoms with Crippen LogP contribution in [-0.4, -0.2) is 36.2 Å². The van der Waals surface area contributed by atoms with Crippen molar-refractivity contribution in [2.24, 2.45) is 0 Å². The molecular weight excluding hydrogens is 194 g/mol. The molecule has 1 aromatic rings. The molecule has 5 heteroatoms. The van der Waals surface area contributed by atoms with E-state index in [-0.39, 0.29) is 12.6 Å². The van der Waals surface area contributed by atoms with Gasteiger partial charge in [0.05, 0.1) is 6.61 Å². The van der Waals surface area contributed by atoms with Gasteiger partial charge in [0.25, 0.3) is 0 Å². The van der Waals surface area contributed by atoms with Gasteiger partial charge in [0.2, 0.25) is 0 Å². The van der Waals surface area contributed by atoms with Crippen LogP contribution in [0.15, 0.2) is 24.3 Å². The first-order chi connectivity index (χ1) is 7.13. The largest absolute Gasteiger partial charge is 0.399 e. The van der Waals surface area contributed by atoms with Gasteiger partial charge in [-0.15, -0.1) is 0 Å². The van der Waals surface area contributed by atoms with Crippen molar-refractivity contribution in [3.8, 4) is 0 Å². The number of nitrogens with zero attached hydrogens (tertiary/aromatic N) is 1. The fraction of sp³-hybridized carbons (Fsp3) is 0.300. The van der Waals surface area contributed by atoms with Crippen LogP contribution in [-0.2, 0) is 0 Å². The molecule has 0 unspecified atom stereocenters. The molecule has 0 bridgehead atoms. The van der Waals surface area contributed by atoms with E-state index >= 15 is 0 Å². The van der Waals surface area contributed by atoms with E-state index in [4.69, 9.17) is 10.8 Å². The van der Waals surface area contributed by atoms with Crippen molar-refractivity contribution in [3.05, 3.63) is 24.3 Å². The normalized spacial score (nSPS) is 9.73. The third-order valence-corrected chi connectivity index (χ3v) is 1.94. The number of nitrogens with one attached hydrogen (secondary N) is 1. The number of nitrogens with two attached hydrogens (primary N) is 1. The topological polar surface area (TPSA) is 78.6 Å². The molecule has 1 aromatic carbocycles. The molecule has 0 atom stereocenters. The summed E-state index contributed by atoms with van der Waals surface area (Å²) in [5.41, 5.74) is 6.84. The summed E-state index contributed by atoms with van der Waals surface area (Å²) in [5, 5.41) is 11.3. The number of nitrogen functional groups attached to an aromatic ring is 1. The van der Waals surface area contributed by atoms with Crippen LogP contribution >= 0.6 is 0 Å². The second-order valence-electron chi connectivity index (χ2n) is 3.20. The second-order valence-corrected chi connectivity index (χ2v) is 3.20. The number of hydrogen-bond acceptors (Lipinski definition) is 3. The first-order valence-electron chi connectivity index (χ1n) is 4.62. The van der Waals surface area contributed by atoms with Gasteiger partial charge in [-0.3, -0.25) is 0 Å². The number of likely N-dealkylation sites (N-methyl/N-ethyl adjacent to an activating group) is 1. The number of hydrogen-bond donors (Lipinski definition) is 3. The van der Waals surface area contributed by atoms with Gasteiger partial charge in [-0.05, 0) is 24.3 Å². The summed E-state index contributed by atoms with van der Waals surface area (Å²) >= 11 is 0. The Morgan fingerprint density at radius 1 is 1.47 bits per heavy atom. The Morgan fingerprint density at radius 2 is 2.07 bits per heavy atom. The predicted molar refractivity (Wildman–Crippen MR) is 59.6 cm³/mol. The van der Waals surface area contributed by atoms with Gasteiger partial charge in [-0.1, -0.05) is 0 Å². The number of urea groups is 1. The van der Waals surface area contributed by atoms with Crippen LogP contribution < -0.4 is 11.1 Å². The summed E-state index contributed by atoms with van der Waals surface area (Å²) in [7, 11) is 1.61. The summed E-state index contributed by atoms with van der Waals surface area (Å²) in [6, 6.07) is 6.61. The highest BCUT2D eigenvalue weighted by Crippen LogP contribution is 2.10. The maximum absolute atomic E-state index is 11.5. The highest BCUT2D eigenvalue weighted by Gasteiger charge is 2.06. The highest BCUT2D eigenvalue weighted by molar-refractivity contribution is 5.89. The molecule has 1 rings (SSSR count). The van der Waals surface area contributed by atoms with Crippen molar-refractivity contribution < 1.29 is 9.90 Å². The molecule has 0 radical (unpaired) electrons. The lowest BCUT2D eigenvalue weighted by atomic mass is 10.3. The summed E-state index contributed by atoms with van der Waals surface area (Å²) < 4.78 is 0. The molecule has 5 nitrogen and oxygen atoms in total. The molecular formula is C10H15N3O2. The lowest BCUT2D eigenvalue weighted by Gasteiger charge is -2.16. The van der Waals surface area contributed by atoms with Crippen molar-refractivity contribution in [1.82, 2.24) is 4.90 Å². The number of amides is 2. The second kappa shape index (κ2) is 5.21. The molecule has 82 valence electrons. The third kappa shape index (κ3) is 3.47. The average Bonchev–Trinajstić information content (AvgIpc) is 2.22. The standard InChI is InChI=1S/C10H15N3O2/c1-13(6-7-14)10(15)12-9-4-2-8(11)3-5-9/h2-5,14H,6-7,11H2,1H3,(H,12,15). The molecule has 0 aromatic heterocycles. The van der Waals surface area contributed by atoms with Crippen LogP contribution in [0.3, 0.4) is 0 Å².